The summed E-state index contributed by atoms with van der Waals surface area (Å²) in [5.74, 6) is 0.102. The van der Waals surface area contributed by atoms with Crippen molar-refractivity contribution in [1.29, 1.82) is 0 Å². The maximum absolute atomic E-state index is 13.1. The fourth-order valence-electron chi connectivity index (χ4n) is 3.58. The molecule has 31 heavy (non-hydrogen) atoms. The Balaban J connectivity index is 1.74. The number of hydrogen-bond donors (Lipinski definition) is 1. The van der Waals surface area contributed by atoms with Crippen LogP contribution in [0, 0.1) is 12.8 Å². The summed E-state index contributed by atoms with van der Waals surface area (Å²) in [7, 11) is -6.28. The molecule has 0 bridgehead atoms. The maximum Gasteiger partial charge on any atom is 0.416 e. The normalized spacial score (nSPS) is 20.5. The minimum atomic E-state index is -4.65. The van der Waals surface area contributed by atoms with Crippen LogP contribution >= 0.6 is 0 Å². The Morgan fingerprint density at radius 1 is 1.13 bits per heavy atom. The first kappa shape index (κ1) is 23.7. The highest BCUT2D eigenvalue weighted by atomic mass is 32.2. The van der Waals surface area contributed by atoms with Crippen LogP contribution in [0.2, 0.25) is 0 Å². The number of rotatable bonds is 6. The second-order valence-electron chi connectivity index (χ2n) is 8.36. The van der Waals surface area contributed by atoms with Crippen molar-refractivity contribution >= 4 is 19.9 Å². The fraction of sp³-hybridized carbons (Fsp3) is 0.526. The molecule has 3 rings (SSSR count). The number of nitrogens with one attached hydrogen (secondary N) is 1. The predicted octanol–water partition coefficient (Wildman–Crippen LogP) is 3.06. The van der Waals surface area contributed by atoms with Crippen molar-refractivity contribution in [3.63, 3.8) is 0 Å². The third kappa shape index (κ3) is 4.37. The van der Waals surface area contributed by atoms with E-state index in [1.807, 2.05) is 0 Å². The number of sulfonamides is 1. The summed E-state index contributed by atoms with van der Waals surface area (Å²) in [4.78, 5) is 3.59. The quantitative estimate of drug-likeness (QED) is 0.687. The first-order valence-electron chi connectivity index (χ1n) is 9.50. The highest BCUT2D eigenvalue weighted by Crippen LogP contribution is 2.44. The average molecular weight is 480 g/mol. The third-order valence-electron chi connectivity index (χ3n) is 5.97. The monoisotopic (exact) mass is 479 g/mol. The van der Waals surface area contributed by atoms with Gasteiger partial charge in [0.05, 0.1) is 15.2 Å². The molecule has 1 aromatic carbocycles. The van der Waals surface area contributed by atoms with Gasteiger partial charge in [0.1, 0.15) is 5.82 Å². The van der Waals surface area contributed by atoms with E-state index in [9.17, 15) is 30.0 Å². The van der Waals surface area contributed by atoms with Crippen molar-refractivity contribution in [2.24, 2.45) is 13.0 Å². The fourth-order valence-corrected chi connectivity index (χ4v) is 6.66. The van der Waals surface area contributed by atoms with E-state index in [-0.39, 0.29) is 17.9 Å². The number of alkyl halides is 3. The van der Waals surface area contributed by atoms with Crippen LogP contribution < -0.4 is 4.72 Å². The van der Waals surface area contributed by atoms with Gasteiger partial charge in [-0.1, -0.05) is 6.07 Å². The summed E-state index contributed by atoms with van der Waals surface area (Å²) < 4.78 is 92.9. The van der Waals surface area contributed by atoms with E-state index < -0.39 is 53.2 Å². The topological polar surface area (TPSA) is 98.1 Å². The van der Waals surface area contributed by atoms with E-state index in [1.165, 1.54) is 20.0 Å². The van der Waals surface area contributed by atoms with E-state index >= 15 is 0 Å². The van der Waals surface area contributed by atoms with Crippen molar-refractivity contribution in [2.75, 3.05) is 0 Å². The Kier molecular flexibility index (Phi) is 5.81. The first-order chi connectivity index (χ1) is 14.1. The van der Waals surface area contributed by atoms with Gasteiger partial charge in [0.25, 0.3) is 10.0 Å². The molecule has 2 aromatic rings. The van der Waals surface area contributed by atoms with Crippen molar-refractivity contribution < 1.29 is 30.0 Å². The Morgan fingerprint density at radius 2 is 1.74 bits per heavy atom. The molecule has 12 heteroatoms. The minimum Gasteiger partial charge on any atom is -0.337 e. The van der Waals surface area contributed by atoms with Gasteiger partial charge in [0.2, 0.25) is 0 Å². The zero-order valence-electron chi connectivity index (χ0n) is 17.4. The highest BCUT2D eigenvalue weighted by molar-refractivity contribution is 7.92. The van der Waals surface area contributed by atoms with E-state index in [4.69, 9.17) is 0 Å². The standard InChI is InChI=1S/C19H24F3N3O4S2/c1-12-23-17(11-25(12)4)31(28,29)24-15-8-14(9-15)18(2,3)30(26,27)16-7-5-6-13(10-16)19(20,21)22/h5-7,10-11,14-15,24H,8-9H2,1-4H3/t14-,15-. The average Bonchev–Trinajstić information content (AvgIpc) is 2.96. The van der Waals surface area contributed by atoms with Gasteiger partial charge < -0.3 is 4.57 Å². The summed E-state index contributed by atoms with van der Waals surface area (Å²) in [6.45, 7) is 4.58. The number of imidazole rings is 1. The van der Waals surface area contributed by atoms with Crippen LogP contribution in [0.3, 0.4) is 0 Å². The summed E-state index contributed by atoms with van der Waals surface area (Å²) in [5.41, 5.74) is -1.03. The lowest BCUT2D eigenvalue weighted by molar-refractivity contribution is -0.137. The van der Waals surface area contributed by atoms with Gasteiger partial charge in [0.15, 0.2) is 14.9 Å². The molecule has 0 atom stereocenters. The van der Waals surface area contributed by atoms with Crippen LogP contribution in [0.1, 0.15) is 38.1 Å². The molecule has 172 valence electrons. The Hall–Kier alpha value is -1.92. The number of benzene rings is 1. The van der Waals surface area contributed by atoms with Crippen LogP contribution in [0.15, 0.2) is 40.4 Å². The SMILES string of the molecule is Cc1nc(S(=O)(=O)N[C@H]2C[C@H](C(C)(C)S(=O)(=O)c3cccc(C(F)(F)F)c3)C2)cn1C. The number of sulfone groups is 1. The molecule has 0 unspecified atom stereocenters. The summed E-state index contributed by atoms with van der Waals surface area (Å²) in [6.07, 6.45) is -2.78. The lowest BCUT2D eigenvalue weighted by Gasteiger charge is -2.44. The predicted molar refractivity (Wildman–Crippen MR) is 107 cm³/mol. The van der Waals surface area contributed by atoms with Crippen molar-refractivity contribution in [3.8, 4) is 0 Å². The van der Waals surface area contributed by atoms with Crippen molar-refractivity contribution in [1.82, 2.24) is 14.3 Å². The number of nitrogens with zero attached hydrogens (tertiary/aromatic N) is 2. The lowest BCUT2D eigenvalue weighted by atomic mass is 9.73. The molecular formula is C19H24F3N3O4S2. The largest absolute Gasteiger partial charge is 0.416 e. The molecule has 1 aromatic heterocycles. The number of aryl methyl sites for hydroxylation is 2. The Morgan fingerprint density at radius 3 is 2.26 bits per heavy atom. The zero-order chi connectivity index (χ0) is 23.4. The van der Waals surface area contributed by atoms with E-state index in [1.54, 1.807) is 18.5 Å². The lowest BCUT2D eigenvalue weighted by Crippen LogP contribution is -2.53. The first-order valence-corrected chi connectivity index (χ1v) is 12.5. The molecule has 1 aliphatic carbocycles. The highest BCUT2D eigenvalue weighted by Gasteiger charge is 2.49. The van der Waals surface area contributed by atoms with E-state index in [0.29, 0.717) is 11.9 Å². The second kappa shape index (κ2) is 7.59. The molecule has 0 saturated heterocycles. The zero-order valence-corrected chi connectivity index (χ0v) is 19.1. The van der Waals surface area contributed by atoms with Gasteiger partial charge in [-0.3, -0.25) is 0 Å². The molecule has 1 saturated carbocycles. The van der Waals surface area contributed by atoms with Crippen LogP contribution in [0.5, 0.6) is 0 Å². The van der Waals surface area contributed by atoms with Gasteiger partial charge in [-0.15, -0.1) is 0 Å². The number of halogens is 3. The molecule has 0 radical (unpaired) electrons. The third-order valence-corrected chi connectivity index (χ3v) is 9.95. The summed E-state index contributed by atoms with van der Waals surface area (Å²) >= 11 is 0. The molecule has 0 amide bonds. The number of aromatic nitrogens is 2. The van der Waals surface area contributed by atoms with Gasteiger partial charge >= 0.3 is 6.18 Å². The molecule has 0 aliphatic heterocycles. The van der Waals surface area contributed by atoms with Gasteiger partial charge in [0, 0.05) is 19.3 Å². The summed E-state index contributed by atoms with van der Waals surface area (Å²) in [5, 5.41) is -0.119. The molecule has 1 N–H and O–H groups in total. The second-order valence-corrected chi connectivity index (χ2v) is 12.5. The smallest absolute Gasteiger partial charge is 0.337 e. The van der Waals surface area contributed by atoms with Crippen LogP contribution in [-0.4, -0.2) is 37.2 Å². The van der Waals surface area contributed by atoms with Gasteiger partial charge in [-0.25, -0.2) is 26.5 Å². The summed E-state index contributed by atoms with van der Waals surface area (Å²) in [6, 6.07) is 3.19. The maximum atomic E-state index is 13.1. The molecule has 7 nitrogen and oxygen atoms in total. The van der Waals surface area contributed by atoms with Crippen LogP contribution in [0.25, 0.3) is 0 Å². The Labute approximate surface area is 179 Å². The van der Waals surface area contributed by atoms with E-state index in [2.05, 4.69) is 9.71 Å². The molecular weight excluding hydrogens is 455 g/mol. The van der Waals surface area contributed by atoms with Crippen molar-refractivity contribution in [2.45, 2.75) is 60.5 Å². The molecule has 0 spiro atoms. The van der Waals surface area contributed by atoms with Gasteiger partial charge in [-0.05, 0) is 57.7 Å². The van der Waals surface area contributed by atoms with Crippen LogP contribution in [0.4, 0.5) is 13.2 Å². The van der Waals surface area contributed by atoms with E-state index in [0.717, 1.165) is 18.2 Å². The van der Waals surface area contributed by atoms with Gasteiger partial charge in [-0.2, -0.15) is 13.2 Å². The molecule has 1 fully saturated rings. The number of hydrogen-bond acceptors (Lipinski definition) is 5. The van der Waals surface area contributed by atoms with Crippen molar-refractivity contribution in [3.05, 3.63) is 41.9 Å². The molecule has 1 aliphatic rings. The van der Waals surface area contributed by atoms with Crippen LogP contribution in [-0.2, 0) is 33.1 Å². The minimum absolute atomic E-state index is 0.119. The molecule has 1 heterocycles. The Bertz CT molecular complexity index is 1180.